The third-order valence-electron chi connectivity index (χ3n) is 3.92. The summed E-state index contributed by atoms with van der Waals surface area (Å²) in [6.45, 7) is 4.64. The van der Waals surface area contributed by atoms with Crippen LogP contribution in [0.4, 0.5) is 5.69 Å². The van der Waals surface area contributed by atoms with Crippen LogP contribution in [0, 0.1) is 10.1 Å². The van der Waals surface area contributed by atoms with Crippen molar-refractivity contribution in [1.29, 1.82) is 0 Å². The predicted molar refractivity (Wildman–Crippen MR) is 95.6 cm³/mol. The summed E-state index contributed by atoms with van der Waals surface area (Å²) in [5.74, 6) is -1.12. The number of non-ortho nitro benzene ring substituents is 1. The Bertz CT molecular complexity index is 788. The maximum atomic E-state index is 12.8. The highest BCUT2D eigenvalue weighted by molar-refractivity contribution is 5.93. The van der Waals surface area contributed by atoms with Gasteiger partial charge in [-0.2, -0.15) is 0 Å². The van der Waals surface area contributed by atoms with Crippen molar-refractivity contribution in [3.63, 3.8) is 0 Å². The molecule has 0 saturated heterocycles. The summed E-state index contributed by atoms with van der Waals surface area (Å²) in [5.41, 5.74) is 0.349. The monoisotopic (exact) mass is 356 g/mol. The first-order valence-corrected chi connectivity index (χ1v) is 8.27. The van der Waals surface area contributed by atoms with Gasteiger partial charge in [0.1, 0.15) is 0 Å². The molecule has 1 atom stereocenters. The lowest BCUT2D eigenvalue weighted by molar-refractivity contribution is -0.384. The van der Waals surface area contributed by atoms with E-state index in [1.54, 1.807) is 35.2 Å². The molecule has 7 nitrogen and oxygen atoms in total. The molecular weight excluding hydrogens is 336 g/mol. The number of esters is 1. The quantitative estimate of drug-likeness (QED) is 0.431. The molecule has 0 bridgehead atoms. The van der Waals surface area contributed by atoms with Crippen LogP contribution >= 0.6 is 0 Å². The maximum Gasteiger partial charge on any atom is 0.339 e. The Kier molecular flexibility index (Phi) is 6.43. The van der Waals surface area contributed by atoms with Crippen LogP contribution in [-0.4, -0.2) is 34.8 Å². The fourth-order valence-electron chi connectivity index (χ4n) is 2.51. The second-order valence-corrected chi connectivity index (χ2v) is 5.51. The van der Waals surface area contributed by atoms with Gasteiger partial charge in [-0.1, -0.05) is 36.4 Å². The summed E-state index contributed by atoms with van der Waals surface area (Å²) in [4.78, 5) is 37.1. The van der Waals surface area contributed by atoms with Crippen LogP contribution in [0.3, 0.4) is 0 Å². The number of carbonyl (C=O) groups excluding carboxylic acids is 2. The molecular formula is C19H20N2O5. The Balaban J connectivity index is 2.32. The summed E-state index contributed by atoms with van der Waals surface area (Å²) in [7, 11) is 0. The summed E-state index contributed by atoms with van der Waals surface area (Å²) in [6.07, 6.45) is -1.11. The van der Waals surface area contributed by atoms with E-state index in [1.165, 1.54) is 18.2 Å². The molecule has 2 aromatic carbocycles. The predicted octanol–water partition coefficient (Wildman–Crippen LogP) is 3.36. The van der Waals surface area contributed by atoms with Crippen LogP contribution in [0.2, 0.25) is 0 Å². The van der Waals surface area contributed by atoms with Gasteiger partial charge in [0.05, 0.1) is 10.5 Å². The first-order valence-electron chi connectivity index (χ1n) is 8.27. The zero-order chi connectivity index (χ0) is 19.1. The molecule has 2 aromatic rings. The molecule has 0 aliphatic carbocycles. The molecule has 2 rings (SSSR count). The fourth-order valence-corrected chi connectivity index (χ4v) is 2.51. The van der Waals surface area contributed by atoms with E-state index in [0.29, 0.717) is 18.7 Å². The highest BCUT2D eigenvalue weighted by Gasteiger charge is 2.29. The second kappa shape index (κ2) is 8.75. The number of nitrogens with zero attached hydrogens (tertiary/aromatic N) is 2. The lowest BCUT2D eigenvalue weighted by Gasteiger charge is -2.25. The van der Waals surface area contributed by atoms with E-state index in [4.69, 9.17) is 4.74 Å². The minimum absolute atomic E-state index is 0.0208. The molecule has 26 heavy (non-hydrogen) atoms. The molecule has 0 radical (unpaired) electrons. The number of nitro benzene ring substituents is 1. The number of likely N-dealkylation sites (N-methyl/N-ethyl adjacent to an activating group) is 1. The van der Waals surface area contributed by atoms with E-state index < -0.39 is 17.0 Å². The van der Waals surface area contributed by atoms with Crippen molar-refractivity contribution in [2.75, 3.05) is 13.1 Å². The fraction of sp³-hybridized carbons (Fsp3) is 0.263. The standard InChI is InChI=1S/C19H20N2O5/c1-3-20(4-2)18(22)17(14-9-6-5-7-10-14)26-19(23)15-11-8-12-16(13-15)21(24)25/h5-13,17H,3-4H2,1-2H3/t17-/m1/s1. The topological polar surface area (TPSA) is 89.8 Å². The number of rotatable bonds is 7. The second-order valence-electron chi connectivity index (χ2n) is 5.51. The lowest BCUT2D eigenvalue weighted by atomic mass is 10.1. The number of benzene rings is 2. The number of hydrogen-bond acceptors (Lipinski definition) is 5. The highest BCUT2D eigenvalue weighted by atomic mass is 16.6. The van der Waals surface area contributed by atoms with Gasteiger partial charge in [0.15, 0.2) is 0 Å². The van der Waals surface area contributed by atoms with Crippen molar-refractivity contribution in [3.8, 4) is 0 Å². The molecule has 0 aromatic heterocycles. The average molecular weight is 356 g/mol. The van der Waals surface area contributed by atoms with E-state index in [2.05, 4.69) is 0 Å². The van der Waals surface area contributed by atoms with Crippen molar-refractivity contribution in [2.45, 2.75) is 20.0 Å². The first-order chi connectivity index (χ1) is 12.5. The minimum Gasteiger partial charge on any atom is -0.444 e. The normalized spacial score (nSPS) is 11.5. The molecule has 1 amide bonds. The van der Waals surface area contributed by atoms with Gasteiger partial charge in [0, 0.05) is 30.8 Å². The molecule has 7 heteroatoms. The molecule has 0 spiro atoms. The zero-order valence-electron chi connectivity index (χ0n) is 14.6. The Morgan fingerprint density at radius 3 is 2.31 bits per heavy atom. The molecule has 0 unspecified atom stereocenters. The molecule has 0 saturated carbocycles. The van der Waals surface area contributed by atoms with Crippen molar-refractivity contribution in [2.24, 2.45) is 0 Å². The highest BCUT2D eigenvalue weighted by Crippen LogP contribution is 2.23. The van der Waals surface area contributed by atoms with Gasteiger partial charge in [-0.3, -0.25) is 14.9 Å². The number of hydrogen-bond donors (Lipinski definition) is 0. The van der Waals surface area contributed by atoms with Crippen molar-refractivity contribution in [3.05, 3.63) is 75.8 Å². The van der Waals surface area contributed by atoms with Crippen molar-refractivity contribution < 1.29 is 19.2 Å². The van der Waals surface area contributed by atoms with Gasteiger partial charge >= 0.3 is 5.97 Å². The Morgan fingerprint density at radius 2 is 1.73 bits per heavy atom. The van der Waals surface area contributed by atoms with Crippen LogP contribution in [0.1, 0.15) is 35.9 Å². The number of ether oxygens (including phenoxy) is 1. The van der Waals surface area contributed by atoms with Gasteiger partial charge in [-0.05, 0) is 19.9 Å². The van der Waals surface area contributed by atoms with Crippen molar-refractivity contribution >= 4 is 17.6 Å². The third kappa shape index (κ3) is 4.44. The number of nitro groups is 1. The largest absolute Gasteiger partial charge is 0.444 e. The Morgan fingerprint density at radius 1 is 1.08 bits per heavy atom. The number of carbonyl (C=O) groups is 2. The lowest BCUT2D eigenvalue weighted by Crippen LogP contribution is -2.36. The number of amides is 1. The zero-order valence-corrected chi connectivity index (χ0v) is 14.6. The van der Waals surface area contributed by atoms with Gasteiger partial charge in [0.25, 0.3) is 11.6 Å². The molecule has 136 valence electrons. The minimum atomic E-state index is -1.11. The van der Waals surface area contributed by atoms with Gasteiger partial charge in [-0.15, -0.1) is 0 Å². The molecule has 0 aliphatic rings. The average Bonchev–Trinajstić information content (AvgIpc) is 2.67. The summed E-state index contributed by atoms with van der Waals surface area (Å²) >= 11 is 0. The maximum absolute atomic E-state index is 12.8. The smallest absolute Gasteiger partial charge is 0.339 e. The Labute approximate surface area is 151 Å². The van der Waals surface area contributed by atoms with Crippen LogP contribution in [0.15, 0.2) is 54.6 Å². The van der Waals surface area contributed by atoms with Gasteiger partial charge in [-0.25, -0.2) is 4.79 Å². The van der Waals surface area contributed by atoms with Crippen LogP contribution in [-0.2, 0) is 9.53 Å². The molecule has 0 N–H and O–H groups in total. The van der Waals surface area contributed by atoms with E-state index >= 15 is 0 Å². The van der Waals surface area contributed by atoms with E-state index in [0.717, 1.165) is 6.07 Å². The van der Waals surface area contributed by atoms with Gasteiger partial charge < -0.3 is 9.64 Å². The third-order valence-corrected chi connectivity index (χ3v) is 3.92. The van der Waals surface area contributed by atoms with Gasteiger partial charge in [0.2, 0.25) is 6.10 Å². The molecule has 0 heterocycles. The molecule has 0 aliphatic heterocycles. The van der Waals surface area contributed by atoms with E-state index in [1.807, 2.05) is 13.8 Å². The van der Waals surface area contributed by atoms with E-state index in [9.17, 15) is 19.7 Å². The Hall–Kier alpha value is -3.22. The summed E-state index contributed by atoms with van der Waals surface area (Å²) in [5, 5.41) is 10.9. The SMILES string of the molecule is CCN(CC)C(=O)[C@H](OC(=O)c1cccc([N+](=O)[O-])c1)c1ccccc1. The summed E-state index contributed by atoms with van der Waals surface area (Å²) < 4.78 is 5.45. The molecule has 0 fully saturated rings. The van der Waals surface area contributed by atoms with Crippen LogP contribution in [0.5, 0.6) is 0 Å². The van der Waals surface area contributed by atoms with E-state index in [-0.39, 0.29) is 17.2 Å². The first kappa shape index (κ1) is 19.1. The van der Waals surface area contributed by atoms with Crippen molar-refractivity contribution in [1.82, 2.24) is 4.90 Å². The summed E-state index contributed by atoms with van der Waals surface area (Å²) in [6, 6.07) is 13.9. The van der Waals surface area contributed by atoms with Crippen LogP contribution < -0.4 is 0 Å². The van der Waals surface area contributed by atoms with Crippen LogP contribution in [0.25, 0.3) is 0 Å².